The second kappa shape index (κ2) is 8.07. The maximum absolute atomic E-state index is 5.91. The third-order valence-corrected chi connectivity index (χ3v) is 8.72. The van der Waals surface area contributed by atoms with Crippen molar-refractivity contribution in [3.05, 3.63) is 46.7 Å². The SMILES string of the molecule is Cc1nc(C)c(SC2(c3cc(N4CCOCC4C)nc(-c4ccc(N)cc4)n3)CC2)s1. The molecule has 3 heterocycles. The van der Waals surface area contributed by atoms with Crippen molar-refractivity contribution >= 4 is 34.6 Å². The van der Waals surface area contributed by atoms with Gasteiger partial charge in [-0.3, -0.25) is 0 Å². The third kappa shape index (κ3) is 4.16. The minimum absolute atomic E-state index is 0.000490. The van der Waals surface area contributed by atoms with Crippen LogP contribution in [-0.2, 0) is 9.48 Å². The van der Waals surface area contributed by atoms with E-state index in [1.165, 1.54) is 4.21 Å². The van der Waals surface area contributed by atoms with E-state index >= 15 is 0 Å². The standard InChI is InChI=1S/C23H27N5OS2/c1-14-13-29-11-10-28(14)20-12-19(26-21(27-20)17-4-6-18(24)7-5-17)23(8-9-23)31-22-15(2)25-16(3)30-22/h4-7,12,14H,8-11,13,24H2,1-3H3. The van der Waals surface area contributed by atoms with E-state index in [0.29, 0.717) is 0 Å². The molecule has 5 rings (SSSR count). The molecular formula is C23H27N5OS2. The summed E-state index contributed by atoms with van der Waals surface area (Å²) in [6.45, 7) is 8.64. The number of nitrogens with two attached hydrogens (primary N) is 1. The molecule has 31 heavy (non-hydrogen) atoms. The van der Waals surface area contributed by atoms with Crippen molar-refractivity contribution in [2.75, 3.05) is 30.4 Å². The van der Waals surface area contributed by atoms with Gasteiger partial charge in [-0.15, -0.1) is 23.1 Å². The van der Waals surface area contributed by atoms with Crippen LogP contribution >= 0.6 is 23.1 Å². The first kappa shape index (κ1) is 20.7. The fourth-order valence-electron chi connectivity index (χ4n) is 3.95. The lowest BCUT2D eigenvalue weighted by Crippen LogP contribution is -2.44. The lowest BCUT2D eigenvalue weighted by atomic mass is 10.1. The first-order valence-electron chi connectivity index (χ1n) is 10.7. The van der Waals surface area contributed by atoms with E-state index in [4.69, 9.17) is 20.4 Å². The van der Waals surface area contributed by atoms with Crippen molar-refractivity contribution in [3.8, 4) is 11.4 Å². The van der Waals surface area contributed by atoms with Crippen molar-refractivity contribution in [1.29, 1.82) is 0 Å². The Kier molecular flexibility index (Phi) is 5.40. The number of hydrogen-bond acceptors (Lipinski definition) is 8. The Labute approximate surface area is 191 Å². The van der Waals surface area contributed by atoms with E-state index in [0.717, 1.165) is 71.9 Å². The smallest absolute Gasteiger partial charge is 0.161 e. The van der Waals surface area contributed by atoms with Gasteiger partial charge in [-0.05, 0) is 57.9 Å². The number of hydrogen-bond donors (Lipinski definition) is 1. The molecule has 1 aliphatic heterocycles. The zero-order chi connectivity index (χ0) is 21.6. The fourth-order valence-corrected chi connectivity index (χ4v) is 6.67. The van der Waals surface area contributed by atoms with Crippen LogP contribution in [0.2, 0.25) is 0 Å². The molecule has 2 aliphatic rings. The van der Waals surface area contributed by atoms with E-state index in [1.807, 2.05) is 36.0 Å². The van der Waals surface area contributed by atoms with Crippen LogP contribution in [0, 0.1) is 13.8 Å². The summed E-state index contributed by atoms with van der Waals surface area (Å²) >= 11 is 3.70. The summed E-state index contributed by atoms with van der Waals surface area (Å²) < 4.78 is 6.95. The monoisotopic (exact) mass is 453 g/mol. The summed E-state index contributed by atoms with van der Waals surface area (Å²) in [6.07, 6.45) is 2.23. The molecule has 1 atom stereocenters. The number of ether oxygens (including phenoxy) is 1. The largest absolute Gasteiger partial charge is 0.399 e. The van der Waals surface area contributed by atoms with Gasteiger partial charge in [0.05, 0.1) is 44.6 Å². The van der Waals surface area contributed by atoms with E-state index in [2.05, 4.69) is 36.7 Å². The first-order chi connectivity index (χ1) is 14.9. The van der Waals surface area contributed by atoms with Gasteiger partial charge >= 0.3 is 0 Å². The summed E-state index contributed by atoms with van der Waals surface area (Å²) in [7, 11) is 0. The predicted molar refractivity (Wildman–Crippen MR) is 128 cm³/mol. The van der Waals surface area contributed by atoms with Gasteiger partial charge in [-0.1, -0.05) is 0 Å². The van der Waals surface area contributed by atoms with Crippen molar-refractivity contribution in [2.24, 2.45) is 0 Å². The molecule has 1 unspecified atom stereocenters. The Bertz CT molecular complexity index is 1090. The van der Waals surface area contributed by atoms with Crippen LogP contribution in [0.3, 0.4) is 0 Å². The van der Waals surface area contributed by atoms with Gasteiger partial charge in [0.1, 0.15) is 5.82 Å². The molecule has 162 valence electrons. The molecule has 1 aromatic carbocycles. The molecule has 0 amide bonds. The molecule has 0 bridgehead atoms. The minimum Gasteiger partial charge on any atom is -0.399 e. The molecule has 2 N–H and O–H groups in total. The summed E-state index contributed by atoms with van der Waals surface area (Å²) in [6, 6.07) is 10.3. The molecule has 0 radical (unpaired) electrons. The van der Waals surface area contributed by atoms with Gasteiger partial charge in [0, 0.05) is 23.9 Å². The highest BCUT2D eigenvalue weighted by Gasteiger charge is 2.48. The van der Waals surface area contributed by atoms with Gasteiger partial charge in [0.15, 0.2) is 5.82 Å². The van der Waals surface area contributed by atoms with Crippen LogP contribution in [-0.4, -0.2) is 40.8 Å². The molecule has 2 fully saturated rings. The number of aryl methyl sites for hydroxylation is 2. The normalized spacial score (nSPS) is 20.1. The lowest BCUT2D eigenvalue weighted by Gasteiger charge is -2.34. The average molecular weight is 454 g/mol. The lowest BCUT2D eigenvalue weighted by molar-refractivity contribution is 0.0985. The van der Waals surface area contributed by atoms with Crippen LogP contribution in [0.5, 0.6) is 0 Å². The van der Waals surface area contributed by atoms with Crippen LogP contribution in [0.15, 0.2) is 34.5 Å². The number of nitrogens with zero attached hydrogens (tertiary/aromatic N) is 4. The van der Waals surface area contributed by atoms with Crippen LogP contribution in [0.4, 0.5) is 11.5 Å². The zero-order valence-corrected chi connectivity index (χ0v) is 19.7. The number of morpholine rings is 1. The fraction of sp³-hybridized carbons (Fsp3) is 0.435. The quantitative estimate of drug-likeness (QED) is 0.556. The molecule has 1 saturated carbocycles. The zero-order valence-electron chi connectivity index (χ0n) is 18.1. The summed E-state index contributed by atoms with van der Waals surface area (Å²) in [5.74, 6) is 1.74. The number of thioether (sulfide) groups is 1. The number of benzene rings is 1. The van der Waals surface area contributed by atoms with E-state index in [9.17, 15) is 0 Å². The van der Waals surface area contributed by atoms with Gasteiger partial charge < -0.3 is 15.4 Å². The number of thiazole rings is 1. The molecule has 8 heteroatoms. The Hall–Kier alpha value is -2.16. The highest BCUT2D eigenvalue weighted by Crippen LogP contribution is 2.60. The van der Waals surface area contributed by atoms with Gasteiger partial charge in [-0.2, -0.15) is 0 Å². The predicted octanol–water partition coefficient (Wildman–Crippen LogP) is 4.81. The maximum Gasteiger partial charge on any atom is 0.161 e. The van der Waals surface area contributed by atoms with Gasteiger partial charge in [0.2, 0.25) is 0 Å². The average Bonchev–Trinajstić information content (AvgIpc) is 3.47. The third-order valence-electron chi connectivity index (χ3n) is 5.86. The van der Waals surface area contributed by atoms with E-state index in [1.54, 1.807) is 11.3 Å². The Morgan fingerprint density at radius 1 is 1.16 bits per heavy atom. The highest BCUT2D eigenvalue weighted by molar-refractivity contribution is 8.02. The molecule has 0 spiro atoms. The molecule has 3 aromatic rings. The second-order valence-corrected chi connectivity index (χ2v) is 11.2. The van der Waals surface area contributed by atoms with Crippen LogP contribution in [0.25, 0.3) is 11.4 Å². The Morgan fingerprint density at radius 2 is 1.94 bits per heavy atom. The molecule has 2 aromatic heterocycles. The van der Waals surface area contributed by atoms with E-state index in [-0.39, 0.29) is 10.8 Å². The molecule has 1 saturated heterocycles. The molecular weight excluding hydrogens is 426 g/mol. The van der Waals surface area contributed by atoms with E-state index < -0.39 is 0 Å². The number of nitrogen functional groups attached to an aromatic ring is 1. The number of aromatic nitrogens is 3. The molecule has 6 nitrogen and oxygen atoms in total. The van der Waals surface area contributed by atoms with Crippen molar-refractivity contribution in [1.82, 2.24) is 15.0 Å². The number of anilines is 2. The summed E-state index contributed by atoms with van der Waals surface area (Å²) in [5.41, 5.74) is 9.87. The van der Waals surface area contributed by atoms with Crippen molar-refractivity contribution < 1.29 is 4.74 Å². The topological polar surface area (TPSA) is 77.2 Å². The molecule has 1 aliphatic carbocycles. The van der Waals surface area contributed by atoms with Crippen LogP contribution < -0.4 is 10.6 Å². The minimum atomic E-state index is -0.000490. The number of rotatable bonds is 5. The Morgan fingerprint density at radius 3 is 2.58 bits per heavy atom. The maximum atomic E-state index is 5.91. The summed E-state index contributed by atoms with van der Waals surface area (Å²) in [5, 5.41) is 1.11. The highest BCUT2D eigenvalue weighted by atomic mass is 32.2. The Balaban J connectivity index is 1.57. The first-order valence-corrected chi connectivity index (χ1v) is 12.3. The summed E-state index contributed by atoms with van der Waals surface area (Å²) in [4.78, 5) is 17.0. The van der Waals surface area contributed by atoms with Gasteiger partial charge in [-0.25, -0.2) is 15.0 Å². The second-order valence-electron chi connectivity index (χ2n) is 8.38. The van der Waals surface area contributed by atoms with Crippen LogP contribution in [0.1, 0.15) is 36.2 Å². The van der Waals surface area contributed by atoms with Gasteiger partial charge in [0.25, 0.3) is 0 Å². The van der Waals surface area contributed by atoms with Crippen molar-refractivity contribution in [2.45, 2.75) is 48.6 Å². The van der Waals surface area contributed by atoms with Crippen molar-refractivity contribution in [3.63, 3.8) is 0 Å².